The van der Waals surface area contributed by atoms with E-state index in [1.165, 1.54) is 0 Å². The summed E-state index contributed by atoms with van der Waals surface area (Å²) < 4.78 is 0. The zero-order valence-corrected chi connectivity index (χ0v) is 15.9. The largest absolute Gasteiger partial charge is 0.341 e. The molecule has 0 aromatic heterocycles. The Morgan fingerprint density at radius 2 is 2.00 bits per heavy atom. The molecule has 3 rings (SSSR count). The molecule has 1 aromatic carbocycles. The zero-order chi connectivity index (χ0) is 18.9. The molecular weight excluding hydrogens is 354 g/mol. The first kappa shape index (κ1) is 18.7. The van der Waals surface area contributed by atoms with Gasteiger partial charge in [-0.2, -0.15) is 0 Å². The normalized spacial score (nSPS) is 26.2. The molecule has 2 atom stereocenters. The van der Waals surface area contributed by atoms with Gasteiger partial charge in [-0.15, -0.1) is 0 Å². The molecule has 2 unspecified atom stereocenters. The molecule has 7 heteroatoms. The summed E-state index contributed by atoms with van der Waals surface area (Å²) in [6.45, 7) is 5.09. The average molecular weight is 378 g/mol. The minimum atomic E-state index is -1.14. The number of hydrogen-bond donors (Lipinski definition) is 1. The van der Waals surface area contributed by atoms with Crippen molar-refractivity contribution in [2.75, 3.05) is 19.6 Å². The first-order valence-corrected chi connectivity index (χ1v) is 9.43. The van der Waals surface area contributed by atoms with Gasteiger partial charge in [-0.3, -0.25) is 14.5 Å². The van der Waals surface area contributed by atoms with E-state index in [-0.39, 0.29) is 18.4 Å². The predicted molar refractivity (Wildman–Crippen MR) is 98.6 cm³/mol. The Bertz CT molecular complexity index is 721. The Balaban J connectivity index is 1.79. The number of piperidine rings is 1. The van der Waals surface area contributed by atoms with Crippen molar-refractivity contribution < 1.29 is 14.4 Å². The van der Waals surface area contributed by atoms with Gasteiger partial charge in [0.1, 0.15) is 12.1 Å². The van der Waals surface area contributed by atoms with Crippen molar-refractivity contribution in [3.63, 3.8) is 0 Å². The van der Waals surface area contributed by atoms with E-state index in [0.29, 0.717) is 36.0 Å². The third kappa shape index (κ3) is 3.30. The molecular formula is C19H24ClN3O3. The molecule has 140 valence electrons. The number of carbonyl (C=O) groups excluding carboxylic acids is 3. The summed E-state index contributed by atoms with van der Waals surface area (Å²) in [6.07, 6.45) is 2.45. The number of amides is 4. The fourth-order valence-corrected chi connectivity index (χ4v) is 3.92. The second-order valence-electron chi connectivity index (χ2n) is 7.17. The van der Waals surface area contributed by atoms with Crippen LogP contribution in [-0.4, -0.2) is 47.3 Å². The quantitative estimate of drug-likeness (QED) is 0.820. The summed E-state index contributed by atoms with van der Waals surface area (Å²) in [6, 6.07) is 6.33. The number of urea groups is 1. The van der Waals surface area contributed by atoms with E-state index in [9.17, 15) is 14.4 Å². The fourth-order valence-electron chi connectivity index (χ4n) is 3.79. The van der Waals surface area contributed by atoms with Gasteiger partial charge in [-0.1, -0.05) is 37.6 Å². The monoisotopic (exact) mass is 377 g/mol. The molecule has 1 aromatic rings. The number of nitrogens with one attached hydrogen (secondary N) is 1. The van der Waals surface area contributed by atoms with Crippen LogP contribution in [0.25, 0.3) is 0 Å². The molecule has 6 nitrogen and oxygen atoms in total. The van der Waals surface area contributed by atoms with Crippen LogP contribution in [0.1, 0.15) is 38.7 Å². The second-order valence-corrected chi connectivity index (χ2v) is 7.61. The molecule has 1 N–H and O–H groups in total. The minimum absolute atomic E-state index is 0.178. The van der Waals surface area contributed by atoms with Crippen LogP contribution in [0, 0.1) is 5.92 Å². The Morgan fingerprint density at radius 3 is 2.62 bits per heavy atom. The number of imide groups is 1. The Kier molecular flexibility index (Phi) is 5.23. The molecule has 2 aliphatic heterocycles. The van der Waals surface area contributed by atoms with Gasteiger partial charge in [0.2, 0.25) is 5.91 Å². The first-order valence-electron chi connectivity index (χ1n) is 9.05. The summed E-state index contributed by atoms with van der Waals surface area (Å²) in [5, 5.41) is 3.35. The molecule has 0 aliphatic carbocycles. The minimum Gasteiger partial charge on any atom is -0.341 e. The summed E-state index contributed by atoms with van der Waals surface area (Å²) in [7, 11) is 0. The number of benzene rings is 1. The van der Waals surface area contributed by atoms with E-state index in [1.54, 1.807) is 29.2 Å². The highest BCUT2D eigenvalue weighted by Crippen LogP contribution is 2.33. The van der Waals surface area contributed by atoms with Crippen LogP contribution in [0.15, 0.2) is 24.3 Å². The number of rotatable bonds is 4. The van der Waals surface area contributed by atoms with Crippen molar-refractivity contribution in [2.24, 2.45) is 5.92 Å². The van der Waals surface area contributed by atoms with Crippen LogP contribution in [0.5, 0.6) is 0 Å². The summed E-state index contributed by atoms with van der Waals surface area (Å²) >= 11 is 5.93. The van der Waals surface area contributed by atoms with Crippen molar-refractivity contribution in [3.05, 3.63) is 34.9 Å². The van der Waals surface area contributed by atoms with Gasteiger partial charge in [0.25, 0.3) is 5.91 Å². The zero-order valence-electron chi connectivity index (χ0n) is 15.1. The maximum atomic E-state index is 13.1. The number of hydrogen-bond acceptors (Lipinski definition) is 3. The lowest BCUT2D eigenvalue weighted by atomic mass is 9.87. The molecule has 2 saturated heterocycles. The van der Waals surface area contributed by atoms with Crippen LogP contribution >= 0.6 is 11.6 Å². The molecule has 0 radical (unpaired) electrons. The molecule has 4 amide bonds. The van der Waals surface area contributed by atoms with E-state index >= 15 is 0 Å². The van der Waals surface area contributed by atoms with Gasteiger partial charge in [0.15, 0.2) is 0 Å². The van der Waals surface area contributed by atoms with Crippen molar-refractivity contribution >= 4 is 29.4 Å². The molecule has 2 fully saturated rings. The number of likely N-dealkylation sites (tertiary alicyclic amines) is 1. The van der Waals surface area contributed by atoms with E-state index in [0.717, 1.165) is 17.7 Å². The lowest BCUT2D eigenvalue weighted by Crippen LogP contribution is -2.47. The van der Waals surface area contributed by atoms with E-state index < -0.39 is 11.6 Å². The fraction of sp³-hybridized carbons (Fsp3) is 0.526. The maximum Gasteiger partial charge on any atom is 0.325 e. The molecule has 2 heterocycles. The maximum absolute atomic E-state index is 13.1. The Hall–Kier alpha value is -2.08. The van der Waals surface area contributed by atoms with Gasteiger partial charge in [0.05, 0.1) is 0 Å². The lowest BCUT2D eigenvalue weighted by molar-refractivity contribution is -0.140. The van der Waals surface area contributed by atoms with Crippen molar-refractivity contribution in [1.29, 1.82) is 0 Å². The van der Waals surface area contributed by atoms with Gasteiger partial charge >= 0.3 is 6.03 Å². The molecule has 2 aliphatic rings. The molecule has 26 heavy (non-hydrogen) atoms. The second kappa shape index (κ2) is 7.27. The van der Waals surface area contributed by atoms with E-state index in [1.807, 2.05) is 6.92 Å². The van der Waals surface area contributed by atoms with Crippen molar-refractivity contribution in [1.82, 2.24) is 15.1 Å². The third-order valence-corrected chi connectivity index (χ3v) is 5.60. The highest BCUT2D eigenvalue weighted by atomic mass is 35.5. The first-order chi connectivity index (χ1) is 12.4. The highest BCUT2D eigenvalue weighted by Gasteiger charge is 2.51. The van der Waals surface area contributed by atoms with Crippen molar-refractivity contribution in [3.8, 4) is 0 Å². The van der Waals surface area contributed by atoms with Gasteiger partial charge < -0.3 is 10.2 Å². The van der Waals surface area contributed by atoms with Crippen LogP contribution in [0.3, 0.4) is 0 Å². The molecule has 0 saturated carbocycles. The number of nitrogens with zero attached hydrogens (tertiary/aromatic N) is 2. The van der Waals surface area contributed by atoms with Gasteiger partial charge in [0, 0.05) is 18.1 Å². The van der Waals surface area contributed by atoms with E-state index in [2.05, 4.69) is 12.2 Å². The van der Waals surface area contributed by atoms with Gasteiger partial charge in [-0.05, 0) is 42.9 Å². The summed E-state index contributed by atoms with van der Waals surface area (Å²) in [4.78, 5) is 41.0. The number of carbonyl (C=O) groups is 3. The average Bonchev–Trinajstić information content (AvgIpc) is 2.87. The topological polar surface area (TPSA) is 69.7 Å². The standard InChI is InChI=1S/C19H24ClN3O3/c1-3-19(14-6-8-15(20)9-7-14)17(25)23(18(26)21-19)12-16(24)22-10-4-5-13(2)11-22/h6-9,13H,3-5,10-12H2,1-2H3,(H,21,26). The predicted octanol–water partition coefficient (Wildman–Crippen LogP) is 2.76. The Morgan fingerprint density at radius 1 is 1.31 bits per heavy atom. The number of halogens is 1. The third-order valence-electron chi connectivity index (χ3n) is 5.35. The summed E-state index contributed by atoms with van der Waals surface area (Å²) in [5.74, 6) is -0.117. The molecule has 0 spiro atoms. The van der Waals surface area contributed by atoms with Crippen molar-refractivity contribution in [2.45, 2.75) is 38.6 Å². The SMILES string of the molecule is CCC1(c2ccc(Cl)cc2)NC(=O)N(CC(=O)N2CCCC(C)C2)C1=O. The smallest absolute Gasteiger partial charge is 0.325 e. The Labute approximate surface area is 158 Å². The van der Waals surface area contributed by atoms with E-state index in [4.69, 9.17) is 11.6 Å². The lowest BCUT2D eigenvalue weighted by Gasteiger charge is -2.32. The molecule has 0 bridgehead atoms. The van der Waals surface area contributed by atoms with Crippen LogP contribution in [0.2, 0.25) is 5.02 Å². The highest BCUT2D eigenvalue weighted by molar-refractivity contribution is 6.30. The van der Waals surface area contributed by atoms with Crippen LogP contribution in [0.4, 0.5) is 4.79 Å². The van der Waals surface area contributed by atoms with Crippen LogP contribution in [-0.2, 0) is 15.1 Å². The van der Waals surface area contributed by atoms with Gasteiger partial charge in [-0.25, -0.2) is 4.79 Å². The van der Waals surface area contributed by atoms with Crippen LogP contribution < -0.4 is 5.32 Å². The summed E-state index contributed by atoms with van der Waals surface area (Å²) in [5.41, 5.74) is -0.471.